The minimum atomic E-state index is -3.85. The summed E-state index contributed by atoms with van der Waals surface area (Å²) in [4.78, 5) is 24.5. The largest absolute Gasteiger partial charge is 0.321 e. The lowest BCUT2D eigenvalue weighted by atomic mass is 10.0. The lowest BCUT2D eigenvalue weighted by Crippen LogP contribution is -2.18. The molecule has 0 saturated heterocycles. The number of anilines is 2. The zero-order valence-corrected chi connectivity index (χ0v) is 14.0. The number of carbonyl (C=O) groups is 2. The van der Waals surface area contributed by atoms with Gasteiger partial charge in [0.05, 0.1) is 10.5 Å². The van der Waals surface area contributed by atoms with Crippen LogP contribution in [0.4, 0.5) is 11.4 Å². The smallest absolute Gasteiger partial charge is 0.267 e. The number of nitrogens with two attached hydrogens (primary N) is 1. The summed E-state index contributed by atoms with van der Waals surface area (Å²) in [6.07, 6.45) is 0. The van der Waals surface area contributed by atoms with E-state index in [0.717, 1.165) is 0 Å². The fraction of sp³-hybridized carbons (Fsp3) is 0. The van der Waals surface area contributed by atoms with Crippen molar-refractivity contribution in [2.75, 3.05) is 10.6 Å². The molecule has 0 radical (unpaired) electrons. The second-order valence-electron chi connectivity index (χ2n) is 5.39. The average Bonchev–Trinajstić information content (AvgIpc) is 2.92. The van der Waals surface area contributed by atoms with Gasteiger partial charge in [0.1, 0.15) is 11.6 Å². The van der Waals surface area contributed by atoms with Crippen LogP contribution in [0.2, 0.25) is 0 Å². The SMILES string of the molecule is N#C/C(C(=O)Nc1ccc(S(N)(=O)=O)cc1)=C1\C(=O)Nc2ccccc21. The molecule has 1 aliphatic heterocycles. The minimum Gasteiger partial charge on any atom is -0.321 e. The zero-order valence-electron chi connectivity index (χ0n) is 13.2. The molecule has 1 heterocycles. The van der Waals surface area contributed by atoms with Crippen LogP contribution in [0.15, 0.2) is 59.0 Å². The maximum atomic E-state index is 12.5. The molecule has 0 bridgehead atoms. The van der Waals surface area contributed by atoms with Gasteiger partial charge in [-0.2, -0.15) is 5.26 Å². The van der Waals surface area contributed by atoms with Crippen molar-refractivity contribution in [1.82, 2.24) is 0 Å². The van der Waals surface area contributed by atoms with Gasteiger partial charge >= 0.3 is 0 Å². The Kier molecular flexibility index (Phi) is 4.29. The van der Waals surface area contributed by atoms with Gasteiger partial charge in [-0.1, -0.05) is 18.2 Å². The molecule has 2 aromatic carbocycles. The Morgan fingerprint density at radius 1 is 1.12 bits per heavy atom. The number of hydrogen-bond donors (Lipinski definition) is 3. The molecule has 0 saturated carbocycles. The van der Waals surface area contributed by atoms with Gasteiger partial charge in [-0.15, -0.1) is 0 Å². The molecule has 0 atom stereocenters. The number of para-hydroxylation sites is 1. The third-order valence-corrected chi connectivity index (χ3v) is 4.63. The highest BCUT2D eigenvalue weighted by Gasteiger charge is 2.30. The van der Waals surface area contributed by atoms with Crippen molar-refractivity contribution in [2.45, 2.75) is 4.90 Å². The molecule has 1 aliphatic rings. The molecular formula is C17H12N4O4S. The van der Waals surface area contributed by atoms with Crippen molar-refractivity contribution in [3.05, 3.63) is 59.7 Å². The summed E-state index contributed by atoms with van der Waals surface area (Å²) >= 11 is 0. The van der Waals surface area contributed by atoms with E-state index < -0.39 is 21.8 Å². The molecular weight excluding hydrogens is 356 g/mol. The maximum Gasteiger partial charge on any atom is 0.267 e. The van der Waals surface area contributed by atoms with Crippen molar-refractivity contribution in [2.24, 2.45) is 5.14 Å². The van der Waals surface area contributed by atoms with Crippen LogP contribution in [-0.2, 0) is 19.6 Å². The average molecular weight is 368 g/mol. The van der Waals surface area contributed by atoms with Crippen molar-refractivity contribution >= 4 is 38.8 Å². The number of hydrogen-bond acceptors (Lipinski definition) is 5. The molecule has 0 fully saturated rings. The number of primary sulfonamides is 1. The summed E-state index contributed by atoms with van der Waals surface area (Å²) < 4.78 is 22.5. The summed E-state index contributed by atoms with van der Waals surface area (Å²) in [5, 5.41) is 19.5. The van der Waals surface area contributed by atoms with Gasteiger partial charge in [0, 0.05) is 16.9 Å². The predicted molar refractivity (Wildman–Crippen MR) is 94.0 cm³/mol. The molecule has 0 aliphatic carbocycles. The summed E-state index contributed by atoms with van der Waals surface area (Å²) in [7, 11) is -3.85. The van der Waals surface area contributed by atoms with Crippen LogP contribution < -0.4 is 15.8 Å². The third kappa shape index (κ3) is 3.19. The van der Waals surface area contributed by atoms with Crippen molar-refractivity contribution in [3.8, 4) is 6.07 Å². The predicted octanol–water partition coefficient (Wildman–Crippen LogP) is 1.20. The highest BCUT2D eigenvalue weighted by atomic mass is 32.2. The Morgan fingerprint density at radius 2 is 1.77 bits per heavy atom. The van der Waals surface area contributed by atoms with Crippen molar-refractivity contribution < 1.29 is 18.0 Å². The van der Waals surface area contributed by atoms with Crippen LogP contribution in [0, 0.1) is 11.3 Å². The lowest BCUT2D eigenvalue weighted by molar-refractivity contribution is -0.113. The molecule has 130 valence electrons. The van der Waals surface area contributed by atoms with E-state index in [-0.39, 0.29) is 21.7 Å². The molecule has 26 heavy (non-hydrogen) atoms. The Morgan fingerprint density at radius 3 is 2.38 bits per heavy atom. The highest BCUT2D eigenvalue weighted by molar-refractivity contribution is 7.89. The summed E-state index contributed by atoms with van der Waals surface area (Å²) in [5.74, 6) is -1.32. The van der Waals surface area contributed by atoms with E-state index in [4.69, 9.17) is 5.14 Å². The lowest BCUT2D eigenvalue weighted by Gasteiger charge is -2.07. The molecule has 0 spiro atoms. The minimum absolute atomic E-state index is 0.0123. The summed E-state index contributed by atoms with van der Waals surface area (Å²) in [6.45, 7) is 0. The van der Waals surface area contributed by atoms with Gasteiger partial charge in [0.2, 0.25) is 10.0 Å². The molecule has 0 aromatic heterocycles. The Balaban J connectivity index is 1.94. The van der Waals surface area contributed by atoms with Crippen LogP contribution in [-0.4, -0.2) is 20.2 Å². The maximum absolute atomic E-state index is 12.5. The first kappa shape index (κ1) is 17.3. The van der Waals surface area contributed by atoms with E-state index >= 15 is 0 Å². The molecule has 4 N–H and O–H groups in total. The first-order valence-corrected chi connectivity index (χ1v) is 8.85. The van der Waals surface area contributed by atoms with E-state index in [2.05, 4.69) is 10.6 Å². The summed E-state index contributed by atoms with van der Waals surface area (Å²) in [6, 6.07) is 13.6. The quantitative estimate of drug-likeness (QED) is 0.551. The van der Waals surface area contributed by atoms with Gasteiger partial charge in [0.15, 0.2) is 0 Å². The zero-order chi connectivity index (χ0) is 18.9. The monoisotopic (exact) mass is 368 g/mol. The third-order valence-electron chi connectivity index (χ3n) is 3.70. The molecule has 2 amide bonds. The number of amides is 2. The van der Waals surface area contributed by atoms with E-state index in [1.807, 2.05) is 0 Å². The second kappa shape index (κ2) is 6.44. The van der Waals surface area contributed by atoms with Crippen molar-refractivity contribution in [3.63, 3.8) is 0 Å². The number of carbonyl (C=O) groups excluding carboxylic acids is 2. The number of rotatable bonds is 3. The topological polar surface area (TPSA) is 142 Å². The van der Waals surface area contributed by atoms with E-state index in [1.54, 1.807) is 30.3 Å². The van der Waals surface area contributed by atoms with Crippen LogP contribution >= 0.6 is 0 Å². The number of benzene rings is 2. The Labute approximate surface area is 149 Å². The standard InChI is InChI=1S/C17H12N4O4S/c18-9-13(15-12-3-1-2-4-14(12)21-17(15)23)16(22)20-10-5-7-11(8-6-10)26(19,24)25/h1-8H,(H,20,22)(H,21,23)(H2,19,24,25)/b15-13+. The van der Waals surface area contributed by atoms with E-state index in [9.17, 15) is 23.3 Å². The van der Waals surface area contributed by atoms with Gasteiger partial charge in [0.25, 0.3) is 11.8 Å². The van der Waals surface area contributed by atoms with Crippen LogP contribution in [0.1, 0.15) is 5.56 Å². The molecule has 8 nitrogen and oxygen atoms in total. The Hall–Kier alpha value is -3.48. The van der Waals surface area contributed by atoms with Gasteiger partial charge in [-0.05, 0) is 30.3 Å². The van der Waals surface area contributed by atoms with E-state index in [1.165, 1.54) is 24.3 Å². The fourth-order valence-electron chi connectivity index (χ4n) is 2.51. The highest BCUT2D eigenvalue weighted by Crippen LogP contribution is 2.33. The molecule has 0 unspecified atom stereocenters. The van der Waals surface area contributed by atoms with Gasteiger partial charge in [-0.25, -0.2) is 13.6 Å². The van der Waals surface area contributed by atoms with Gasteiger partial charge < -0.3 is 10.6 Å². The van der Waals surface area contributed by atoms with Crippen LogP contribution in [0.5, 0.6) is 0 Å². The fourth-order valence-corrected chi connectivity index (χ4v) is 3.02. The second-order valence-corrected chi connectivity index (χ2v) is 6.95. The number of sulfonamides is 1. The summed E-state index contributed by atoms with van der Waals surface area (Å²) in [5.41, 5.74) is 0.881. The normalized spacial score (nSPS) is 14.8. The number of nitriles is 1. The van der Waals surface area contributed by atoms with Crippen LogP contribution in [0.3, 0.4) is 0 Å². The molecule has 3 rings (SSSR count). The van der Waals surface area contributed by atoms with Crippen LogP contribution in [0.25, 0.3) is 5.57 Å². The van der Waals surface area contributed by atoms with Crippen molar-refractivity contribution in [1.29, 1.82) is 5.26 Å². The first-order valence-electron chi connectivity index (χ1n) is 7.30. The van der Waals surface area contributed by atoms with E-state index in [0.29, 0.717) is 11.3 Å². The number of nitrogens with zero attached hydrogens (tertiary/aromatic N) is 1. The Bertz CT molecular complexity index is 1100. The first-order chi connectivity index (χ1) is 12.3. The number of nitrogens with one attached hydrogen (secondary N) is 2. The number of fused-ring (bicyclic) bond motifs is 1. The van der Waals surface area contributed by atoms with Gasteiger partial charge in [-0.3, -0.25) is 9.59 Å². The molecule has 9 heteroatoms. The molecule has 2 aromatic rings.